The average molecular weight is 470 g/mol. The monoisotopic (exact) mass is 469 g/mol. The number of thiophene rings is 1. The third-order valence-corrected chi connectivity index (χ3v) is 7.48. The normalized spacial score (nSPS) is 22.0. The number of benzene rings is 1. The summed E-state index contributed by atoms with van der Waals surface area (Å²) < 4.78 is 6.25. The summed E-state index contributed by atoms with van der Waals surface area (Å²) in [6.07, 6.45) is 3.90. The topological polar surface area (TPSA) is 53.6 Å². The number of piperidine rings is 1. The predicted octanol–water partition coefficient (Wildman–Crippen LogP) is 3.75. The molecule has 3 aliphatic heterocycles. The minimum absolute atomic E-state index is 0. The quantitative estimate of drug-likeness (QED) is 0.718. The Morgan fingerprint density at radius 2 is 1.97 bits per heavy atom. The maximum atomic E-state index is 13.0. The first-order valence-corrected chi connectivity index (χ1v) is 11.1. The summed E-state index contributed by atoms with van der Waals surface area (Å²) in [6.45, 7) is 4.59. The van der Waals surface area contributed by atoms with Crippen molar-refractivity contribution in [3.05, 3.63) is 51.7 Å². The van der Waals surface area contributed by atoms with E-state index in [9.17, 15) is 4.79 Å². The van der Waals surface area contributed by atoms with Crippen LogP contribution in [0, 0.1) is 0 Å². The Kier molecular flexibility index (Phi) is 7.69. The molecule has 2 saturated heterocycles. The van der Waals surface area contributed by atoms with Crippen molar-refractivity contribution in [2.45, 2.75) is 37.3 Å². The predicted molar refractivity (Wildman–Crippen MR) is 127 cm³/mol. The van der Waals surface area contributed by atoms with E-state index in [2.05, 4.69) is 45.9 Å². The van der Waals surface area contributed by atoms with Gasteiger partial charge in [-0.1, -0.05) is 18.2 Å². The fraction of sp³-hybridized carbons (Fsp3) is 0.500. The van der Waals surface area contributed by atoms with Crippen LogP contribution in [0.3, 0.4) is 0 Å². The highest BCUT2D eigenvalue weighted by molar-refractivity contribution is 7.14. The average Bonchev–Trinajstić information content (AvgIpc) is 3.38. The van der Waals surface area contributed by atoms with Gasteiger partial charge in [0, 0.05) is 36.1 Å². The Balaban J connectivity index is 0.00000128. The number of rotatable bonds is 3. The molecule has 2 N–H and O–H groups in total. The smallest absolute Gasteiger partial charge is 0.261 e. The highest BCUT2D eigenvalue weighted by Gasteiger charge is 2.40. The lowest BCUT2D eigenvalue weighted by Gasteiger charge is -2.40. The molecule has 1 aromatic heterocycles. The fourth-order valence-electron chi connectivity index (χ4n) is 4.78. The van der Waals surface area contributed by atoms with Gasteiger partial charge < -0.3 is 20.3 Å². The number of carbonyl (C=O) groups is 1. The number of amides is 1. The van der Waals surface area contributed by atoms with Gasteiger partial charge in [-0.2, -0.15) is 0 Å². The molecule has 1 atom stereocenters. The second-order valence-corrected chi connectivity index (χ2v) is 9.17. The van der Waals surface area contributed by atoms with Gasteiger partial charge in [0.15, 0.2) is 0 Å². The number of hydrogen-bond donors (Lipinski definition) is 2. The van der Waals surface area contributed by atoms with Gasteiger partial charge in [-0.3, -0.25) is 4.79 Å². The van der Waals surface area contributed by atoms with Crippen LogP contribution in [0.15, 0.2) is 36.4 Å². The molecule has 1 unspecified atom stereocenters. The van der Waals surface area contributed by atoms with Crippen LogP contribution in [0.1, 0.15) is 39.4 Å². The maximum Gasteiger partial charge on any atom is 0.261 e. The number of ether oxygens (including phenoxy) is 1. The Bertz CT molecular complexity index is 855. The molecule has 1 amide bonds. The number of hydrogen-bond acceptors (Lipinski definition) is 5. The van der Waals surface area contributed by atoms with Gasteiger partial charge in [-0.25, -0.2) is 0 Å². The molecule has 164 valence electrons. The molecule has 0 aliphatic carbocycles. The molecule has 30 heavy (non-hydrogen) atoms. The molecule has 5 nitrogen and oxygen atoms in total. The number of fused-ring (bicyclic) bond motifs is 2. The number of nitrogens with one attached hydrogen (secondary N) is 2. The van der Waals surface area contributed by atoms with Crippen LogP contribution in [-0.4, -0.2) is 44.7 Å². The molecule has 0 saturated carbocycles. The minimum Gasteiger partial charge on any atom is -0.370 e. The first-order chi connectivity index (χ1) is 13.7. The van der Waals surface area contributed by atoms with Crippen molar-refractivity contribution in [1.29, 1.82) is 0 Å². The zero-order valence-corrected chi connectivity index (χ0v) is 19.3. The van der Waals surface area contributed by atoms with E-state index in [0.29, 0.717) is 0 Å². The summed E-state index contributed by atoms with van der Waals surface area (Å²) in [5.74, 6) is 0.0726. The van der Waals surface area contributed by atoms with Crippen molar-refractivity contribution >= 4 is 47.7 Å². The number of anilines is 1. The van der Waals surface area contributed by atoms with Crippen LogP contribution in [-0.2, 0) is 16.8 Å². The molecule has 2 fully saturated rings. The Labute approximate surface area is 194 Å². The molecule has 1 aromatic carbocycles. The molecular weight excluding hydrogens is 441 g/mol. The van der Waals surface area contributed by atoms with Crippen molar-refractivity contribution in [1.82, 2.24) is 10.6 Å². The van der Waals surface area contributed by atoms with Crippen LogP contribution >= 0.6 is 36.2 Å². The van der Waals surface area contributed by atoms with E-state index in [1.807, 2.05) is 6.07 Å². The maximum absolute atomic E-state index is 13.0. The molecule has 0 bridgehead atoms. The van der Waals surface area contributed by atoms with Crippen LogP contribution < -0.4 is 15.5 Å². The summed E-state index contributed by atoms with van der Waals surface area (Å²) in [4.78, 5) is 17.5. The molecule has 4 heterocycles. The summed E-state index contributed by atoms with van der Waals surface area (Å²) >= 11 is 1.67. The third-order valence-electron chi connectivity index (χ3n) is 6.29. The van der Waals surface area contributed by atoms with Crippen molar-refractivity contribution in [2.24, 2.45) is 0 Å². The van der Waals surface area contributed by atoms with E-state index in [1.54, 1.807) is 11.3 Å². The molecule has 8 heteroatoms. The first-order valence-electron chi connectivity index (χ1n) is 10.3. The van der Waals surface area contributed by atoms with Crippen molar-refractivity contribution in [2.75, 3.05) is 37.7 Å². The van der Waals surface area contributed by atoms with Crippen molar-refractivity contribution < 1.29 is 9.53 Å². The zero-order chi connectivity index (χ0) is 19.0. The molecule has 1 spiro atoms. The second kappa shape index (κ2) is 9.88. The molecule has 2 aromatic rings. The molecule has 0 radical (unpaired) electrons. The second-order valence-electron chi connectivity index (χ2n) is 8.03. The minimum atomic E-state index is -0.175. The molecular formula is C22H29Cl2N3O2S. The third kappa shape index (κ3) is 4.48. The number of nitrogens with zero attached hydrogens (tertiary/aromatic N) is 1. The van der Waals surface area contributed by atoms with E-state index in [0.717, 1.165) is 63.3 Å². The van der Waals surface area contributed by atoms with Gasteiger partial charge in [-0.05, 0) is 56.1 Å². The van der Waals surface area contributed by atoms with Gasteiger partial charge in [-0.15, -0.1) is 36.2 Å². The van der Waals surface area contributed by atoms with Gasteiger partial charge in [0.1, 0.15) is 0 Å². The fourth-order valence-corrected chi connectivity index (χ4v) is 5.92. The lowest BCUT2D eigenvalue weighted by Crippen LogP contribution is -2.44. The van der Waals surface area contributed by atoms with Gasteiger partial charge in [0.05, 0.1) is 17.1 Å². The highest BCUT2D eigenvalue weighted by atomic mass is 35.5. The highest BCUT2D eigenvalue weighted by Crippen LogP contribution is 2.43. The van der Waals surface area contributed by atoms with Crippen molar-refractivity contribution in [3.8, 4) is 0 Å². The summed E-state index contributed by atoms with van der Waals surface area (Å²) in [6, 6.07) is 12.8. The van der Waals surface area contributed by atoms with E-state index >= 15 is 0 Å². The van der Waals surface area contributed by atoms with Crippen LogP contribution in [0.4, 0.5) is 5.69 Å². The SMILES string of the molecule is Cl.Cl.O=C(NC1CCN(c2ccccc2)C1)c1cc2c(s1)CCOC21CCNCC1. The zero-order valence-electron chi connectivity index (χ0n) is 16.9. The lowest BCUT2D eigenvalue weighted by atomic mass is 9.83. The van der Waals surface area contributed by atoms with E-state index in [4.69, 9.17) is 4.74 Å². The first kappa shape index (κ1) is 23.4. The summed E-state index contributed by atoms with van der Waals surface area (Å²) in [5.41, 5.74) is 2.33. The number of carbonyl (C=O) groups excluding carboxylic acids is 1. The molecule has 3 aliphatic rings. The Hall–Kier alpha value is -1.31. The summed E-state index contributed by atoms with van der Waals surface area (Å²) in [7, 11) is 0. The lowest BCUT2D eigenvalue weighted by molar-refractivity contribution is -0.0792. The van der Waals surface area contributed by atoms with Gasteiger partial charge in [0.25, 0.3) is 5.91 Å². The largest absolute Gasteiger partial charge is 0.370 e. The molecule has 5 rings (SSSR count). The van der Waals surface area contributed by atoms with E-state index in [-0.39, 0.29) is 42.4 Å². The number of halogens is 2. The standard InChI is InChI=1S/C22H27N3O2S.2ClH/c26-21(24-16-6-12-25(15-16)17-4-2-1-3-5-17)20-14-18-19(28-20)7-13-27-22(18)8-10-23-11-9-22;;/h1-5,14,16,23H,6-13,15H2,(H,24,26);2*1H. The van der Waals surface area contributed by atoms with Crippen LogP contribution in [0.25, 0.3) is 0 Å². The van der Waals surface area contributed by atoms with Crippen LogP contribution in [0.2, 0.25) is 0 Å². The summed E-state index contributed by atoms with van der Waals surface area (Å²) in [5, 5.41) is 6.69. The van der Waals surface area contributed by atoms with Gasteiger partial charge >= 0.3 is 0 Å². The Morgan fingerprint density at radius 3 is 2.73 bits per heavy atom. The van der Waals surface area contributed by atoms with E-state index in [1.165, 1.54) is 16.1 Å². The van der Waals surface area contributed by atoms with Crippen molar-refractivity contribution in [3.63, 3.8) is 0 Å². The van der Waals surface area contributed by atoms with Crippen LogP contribution in [0.5, 0.6) is 0 Å². The number of para-hydroxylation sites is 1. The van der Waals surface area contributed by atoms with Gasteiger partial charge in [0.2, 0.25) is 0 Å². The Morgan fingerprint density at radius 1 is 1.20 bits per heavy atom. The van der Waals surface area contributed by atoms with E-state index < -0.39 is 0 Å².